The molecule has 112 valence electrons. The molecule has 1 saturated heterocycles. The summed E-state index contributed by atoms with van der Waals surface area (Å²) in [5, 5.41) is 2.68. The number of benzene rings is 1. The van der Waals surface area contributed by atoms with Crippen LogP contribution in [0, 0.1) is 5.82 Å². The fourth-order valence-electron chi connectivity index (χ4n) is 2.34. The van der Waals surface area contributed by atoms with Crippen molar-refractivity contribution in [2.45, 2.75) is 38.8 Å². The third-order valence-electron chi connectivity index (χ3n) is 3.47. The fourth-order valence-corrected chi connectivity index (χ4v) is 2.34. The molecule has 3 amide bonds. The van der Waals surface area contributed by atoms with Crippen molar-refractivity contribution >= 4 is 17.7 Å². The van der Waals surface area contributed by atoms with E-state index in [1.165, 1.54) is 12.1 Å². The van der Waals surface area contributed by atoms with Crippen LogP contribution in [0.15, 0.2) is 24.3 Å². The average molecular weight is 292 g/mol. The Labute approximate surface area is 122 Å². The largest absolute Gasteiger partial charge is 0.350 e. The Morgan fingerprint density at radius 1 is 1.24 bits per heavy atom. The quantitative estimate of drug-likeness (QED) is 0.834. The van der Waals surface area contributed by atoms with E-state index in [2.05, 4.69) is 5.32 Å². The highest BCUT2D eigenvalue weighted by Gasteiger charge is 2.37. The minimum Gasteiger partial charge on any atom is -0.350 e. The van der Waals surface area contributed by atoms with Gasteiger partial charge in [-0.25, -0.2) is 4.39 Å². The van der Waals surface area contributed by atoms with Crippen molar-refractivity contribution in [1.82, 2.24) is 10.2 Å². The van der Waals surface area contributed by atoms with Crippen molar-refractivity contribution in [2.75, 3.05) is 0 Å². The molecule has 0 spiro atoms. The predicted molar refractivity (Wildman–Crippen MR) is 73.4 cm³/mol. The summed E-state index contributed by atoms with van der Waals surface area (Å²) in [6, 6.07) is 5.00. The second-order valence-electron chi connectivity index (χ2n) is 4.93. The smallest absolute Gasteiger partial charge is 0.243 e. The lowest BCUT2D eigenvalue weighted by atomic mass is 10.1. The first-order valence-corrected chi connectivity index (χ1v) is 6.90. The summed E-state index contributed by atoms with van der Waals surface area (Å²) in [6.07, 6.45) is 0.702. The van der Waals surface area contributed by atoms with Gasteiger partial charge in [-0.2, -0.15) is 0 Å². The molecule has 6 heteroatoms. The van der Waals surface area contributed by atoms with E-state index in [4.69, 9.17) is 0 Å². The van der Waals surface area contributed by atoms with Gasteiger partial charge in [0.1, 0.15) is 11.9 Å². The van der Waals surface area contributed by atoms with Gasteiger partial charge in [0.05, 0.1) is 0 Å². The molecule has 1 N–H and O–H groups in total. The summed E-state index contributed by atoms with van der Waals surface area (Å²) >= 11 is 0. The van der Waals surface area contributed by atoms with E-state index in [-0.39, 0.29) is 42.9 Å². The van der Waals surface area contributed by atoms with Gasteiger partial charge in [0.15, 0.2) is 0 Å². The van der Waals surface area contributed by atoms with Crippen molar-refractivity contribution in [3.8, 4) is 0 Å². The van der Waals surface area contributed by atoms with Crippen LogP contribution in [0.25, 0.3) is 0 Å². The molecule has 1 atom stereocenters. The first kappa shape index (κ1) is 15.2. The zero-order chi connectivity index (χ0) is 15.4. The SMILES string of the molecule is CCC(C(=O)NCc1ccc(F)cc1)N1C(=O)CCC1=O. The lowest BCUT2D eigenvalue weighted by molar-refractivity contribution is -0.146. The molecular formula is C15H17FN2O3. The highest BCUT2D eigenvalue weighted by Crippen LogP contribution is 2.17. The van der Waals surface area contributed by atoms with Crippen LogP contribution in [0.3, 0.4) is 0 Å². The number of hydrogen-bond acceptors (Lipinski definition) is 3. The van der Waals surface area contributed by atoms with E-state index < -0.39 is 6.04 Å². The van der Waals surface area contributed by atoms with E-state index in [1.807, 2.05) is 0 Å². The molecule has 0 bridgehead atoms. The molecule has 0 aliphatic carbocycles. The second-order valence-corrected chi connectivity index (χ2v) is 4.93. The van der Waals surface area contributed by atoms with Crippen molar-refractivity contribution in [3.05, 3.63) is 35.6 Å². The molecule has 5 nitrogen and oxygen atoms in total. The minimum atomic E-state index is -0.770. The molecule has 1 unspecified atom stereocenters. The van der Waals surface area contributed by atoms with Gasteiger partial charge in [-0.15, -0.1) is 0 Å². The highest BCUT2D eigenvalue weighted by atomic mass is 19.1. The van der Waals surface area contributed by atoms with Crippen molar-refractivity contribution in [2.24, 2.45) is 0 Å². The number of carbonyl (C=O) groups excluding carboxylic acids is 3. The maximum absolute atomic E-state index is 12.8. The molecule has 1 aliphatic rings. The number of likely N-dealkylation sites (tertiary alicyclic amines) is 1. The zero-order valence-corrected chi connectivity index (χ0v) is 11.8. The van der Waals surface area contributed by atoms with Crippen LogP contribution >= 0.6 is 0 Å². The maximum atomic E-state index is 12.8. The van der Waals surface area contributed by atoms with Crippen LogP contribution in [-0.4, -0.2) is 28.7 Å². The van der Waals surface area contributed by atoms with Crippen molar-refractivity contribution < 1.29 is 18.8 Å². The van der Waals surface area contributed by atoms with Crippen LogP contribution in [0.2, 0.25) is 0 Å². The van der Waals surface area contributed by atoms with E-state index in [1.54, 1.807) is 19.1 Å². The lowest BCUT2D eigenvalue weighted by Gasteiger charge is -2.24. The fraction of sp³-hybridized carbons (Fsp3) is 0.400. The number of rotatable bonds is 5. The summed E-state index contributed by atoms with van der Waals surface area (Å²) in [7, 11) is 0. The maximum Gasteiger partial charge on any atom is 0.243 e. The molecule has 0 saturated carbocycles. The Morgan fingerprint density at radius 2 is 1.81 bits per heavy atom. The summed E-state index contributed by atoms with van der Waals surface area (Å²) in [4.78, 5) is 36.6. The van der Waals surface area contributed by atoms with Gasteiger partial charge in [0.25, 0.3) is 0 Å². The van der Waals surface area contributed by atoms with E-state index in [0.29, 0.717) is 6.42 Å². The van der Waals surface area contributed by atoms with Crippen molar-refractivity contribution in [1.29, 1.82) is 0 Å². The van der Waals surface area contributed by atoms with E-state index >= 15 is 0 Å². The highest BCUT2D eigenvalue weighted by molar-refractivity contribution is 6.05. The zero-order valence-electron chi connectivity index (χ0n) is 11.8. The van der Waals surface area contributed by atoms with Gasteiger partial charge >= 0.3 is 0 Å². The number of carbonyl (C=O) groups is 3. The van der Waals surface area contributed by atoms with Crippen LogP contribution in [-0.2, 0) is 20.9 Å². The monoisotopic (exact) mass is 292 g/mol. The molecule has 0 aromatic heterocycles. The van der Waals surface area contributed by atoms with E-state index in [0.717, 1.165) is 10.5 Å². The standard InChI is InChI=1S/C15H17FN2O3/c1-2-12(18-13(19)7-8-14(18)20)15(21)17-9-10-3-5-11(16)6-4-10/h3-6,12H,2,7-9H2,1H3,(H,17,21). The molecule has 1 aliphatic heterocycles. The van der Waals surface area contributed by atoms with E-state index in [9.17, 15) is 18.8 Å². The van der Waals surface area contributed by atoms with Gasteiger partial charge in [0, 0.05) is 19.4 Å². The van der Waals surface area contributed by atoms with Crippen LogP contribution in [0.1, 0.15) is 31.7 Å². The third kappa shape index (κ3) is 3.45. The third-order valence-corrected chi connectivity index (χ3v) is 3.47. The summed E-state index contributed by atoms with van der Waals surface area (Å²) in [6.45, 7) is 1.98. The Balaban J connectivity index is 1.98. The second kappa shape index (κ2) is 6.47. The van der Waals surface area contributed by atoms with Crippen LogP contribution in [0.4, 0.5) is 4.39 Å². The predicted octanol–water partition coefficient (Wildman–Crippen LogP) is 1.37. The lowest BCUT2D eigenvalue weighted by Crippen LogP contribution is -2.48. The first-order chi connectivity index (χ1) is 10.0. The molecular weight excluding hydrogens is 275 g/mol. The number of nitrogens with zero attached hydrogens (tertiary/aromatic N) is 1. The van der Waals surface area contributed by atoms with Gasteiger partial charge < -0.3 is 5.32 Å². The first-order valence-electron chi connectivity index (χ1n) is 6.90. The number of amides is 3. The summed E-state index contributed by atoms with van der Waals surface area (Å²) in [5.74, 6) is -1.32. The Hall–Kier alpha value is -2.24. The Kier molecular flexibility index (Phi) is 4.67. The van der Waals surface area contributed by atoms with Gasteiger partial charge in [-0.05, 0) is 24.1 Å². The number of imide groups is 1. The number of hydrogen-bond donors (Lipinski definition) is 1. The van der Waals surface area contributed by atoms with Gasteiger partial charge in [-0.1, -0.05) is 19.1 Å². The Morgan fingerprint density at radius 3 is 2.33 bits per heavy atom. The topological polar surface area (TPSA) is 66.5 Å². The van der Waals surface area contributed by atoms with Gasteiger partial charge in [-0.3, -0.25) is 19.3 Å². The van der Waals surface area contributed by atoms with Crippen LogP contribution < -0.4 is 5.32 Å². The number of nitrogens with one attached hydrogen (secondary N) is 1. The van der Waals surface area contributed by atoms with Gasteiger partial charge in [0.2, 0.25) is 17.7 Å². The average Bonchev–Trinajstić information content (AvgIpc) is 2.80. The molecule has 1 fully saturated rings. The molecule has 1 heterocycles. The summed E-state index contributed by atoms with van der Waals surface area (Å²) < 4.78 is 12.8. The van der Waals surface area contributed by atoms with Crippen LogP contribution in [0.5, 0.6) is 0 Å². The minimum absolute atomic E-state index is 0.167. The molecule has 1 aromatic rings. The molecule has 1 aromatic carbocycles. The molecule has 2 rings (SSSR count). The summed E-state index contributed by atoms with van der Waals surface area (Å²) in [5.41, 5.74) is 0.749. The molecule has 0 radical (unpaired) electrons. The number of halogens is 1. The normalized spacial score (nSPS) is 16.2. The molecule has 21 heavy (non-hydrogen) atoms. The Bertz CT molecular complexity index is 541. The van der Waals surface area contributed by atoms with Crippen molar-refractivity contribution in [3.63, 3.8) is 0 Å².